The van der Waals surface area contributed by atoms with Crippen molar-refractivity contribution in [3.05, 3.63) is 71.8 Å². The van der Waals surface area contributed by atoms with Crippen LogP contribution < -0.4 is 5.32 Å². The maximum Gasteiger partial charge on any atom is 0.328 e. The summed E-state index contributed by atoms with van der Waals surface area (Å²) in [6.07, 6.45) is 0. The van der Waals surface area contributed by atoms with Crippen molar-refractivity contribution >= 4 is 5.97 Å². The molecular formula is C16H17NO2. The van der Waals surface area contributed by atoms with Crippen molar-refractivity contribution in [2.24, 2.45) is 0 Å². The summed E-state index contributed by atoms with van der Waals surface area (Å²) in [6, 6.07) is 19.0. The summed E-state index contributed by atoms with van der Waals surface area (Å²) in [7, 11) is 0. The highest BCUT2D eigenvalue weighted by atomic mass is 16.4. The fourth-order valence-corrected chi connectivity index (χ4v) is 1.95. The van der Waals surface area contributed by atoms with Gasteiger partial charge in [-0.2, -0.15) is 0 Å². The second-order valence-corrected chi connectivity index (χ2v) is 4.64. The SMILES string of the molecule is CC(NCc1ccccc1)(C(=O)O)c1ccccc1. The summed E-state index contributed by atoms with van der Waals surface area (Å²) in [5.41, 5.74) is 0.723. The summed E-state index contributed by atoms with van der Waals surface area (Å²) in [5.74, 6) is -0.880. The van der Waals surface area contributed by atoms with Crippen molar-refractivity contribution in [2.45, 2.75) is 19.0 Å². The van der Waals surface area contributed by atoms with Crippen LogP contribution in [0.25, 0.3) is 0 Å². The maximum atomic E-state index is 11.6. The van der Waals surface area contributed by atoms with Gasteiger partial charge < -0.3 is 5.11 Å². The first-order valence-corrected chi connectivity index (χ1v) is 6.21. The molecule has 0 heterocycles. The van der Waals surface area contributed by atoms with E-state index in [1.807, 2.05) is 60.7 Å². The molecule has 3 heteroatoms. The number of nitrogens with one attached hydrogen (secondary N) is 1. The minimum Gasteiger partial charge on any atom is -0.480 e. The lowest BCUT2D eigenvalue weighted by Gasteiger charge is -2.27. The average Bonchev–Trinajstić information content (AvgIpc) is 2.46. The third-order valence-electron chi connectivity index (χ3n) is 3.27. The Balaban J connectivity index is 2.19. The van der Waals surface area contributed by atoms with Gasteiger partial charge in [0.1, 0.15) is 5.54 Å². The molecule has 19 heavy (non-hydrogen) atoms. The fourth-order valence-electron chi connectivity index (χ4n) is 1.95. The molecule has 1 unspecified atom stereocenters. The normalized spacial score (nSPS) is 13.7. The number of hydrogen-bond acceptors (Lipinski definition) is 2. The highest BCUT2D eigenvalue weighted by molar-refractivity contribution is 5.80. The van der Waals surface area contributed by atoms with Crippen molar-refractivity contribution in [3.8, 4) is 0 Å². The Kier molecular flexibility index (Phi) is 3.97. The number of aliphatic carboxylic acids is 1. The van der Waals surface area contributed by atoms with E-state index in [1.54, 1.807) is 6.92 Å². The molecule has 98 valence electrons. The second kappa shape index (κ2) is 5.67. The molecule has 2 aromatic carbocycles. The molecular weight excluding hydrogens is 238 g/mol. The molecule has 0 saturated heterocycles. The number of hydrogen-bond donors (Lipinski definition) is 2. The number of carbonyl (C=O) groups is 1. The van der Waals surface area contributed by atoms with Crippen molar-refractivity contribution < 1.29 is 9.90 Å². The van der Waals surface area contributed by atoms with Crippen molar-refractivity contribution in [3.63, 3.8) is 0 Å². The first-order chi connectivity index (χ1) is 9.13. The largest absolute Gasteiger partial charge is 0.480 e. The van der Waals surface area contributed by atoms with Crippen LogP contribution in [0.3, 0.4) is 0 Å². The van der Waals surface area contributed by atoms with Crippen molar-refractivity contribution in [1.29, 1.82) is 0 Å². The van der Waals surface area contributed by atoms with Gasteiger partial charge in [-0.15, -0.1) is 0 Å². The molecule has 0 saturated carbocycles. The predicted molar refractivity (Wildman–Crippen MR) is 74.7 cm³/mol. The molecule has 0 spiro atoms. The molecule has 3 nitrogen and oxygen atoms in total. The van der Waals surface area contributed by atoms with E-state index in [1.165, 1.54) is 0 Å². The quantitative estimate of drug-likeness (QED) is 0.863. The zero-order valence-electron chi connectivity index (χ0n) is 10.8. The molecule has 0 aliphatic heterocycles. The van der Waals surface area contributed by atoms with E-state index in [0.717, 1.165) is 11.1 Å². The standard InChI is InChI=1S/C16H17NO2/c1-16(15(18)19,14-10-6-3-7-11-14)17-12-13-8-4-2-5-9-13/h2-11,17H,12H2,1H3,(H,18,19). The third-order valence-corrected chi connectivity index (χ3v) is 3.27. The summed E-state index contributed by atoms with van der Waals surface area (Å²) in [6.45, 7) is 2.20. The Labute approximate surface area is 112 Å². The van der Waals surface area contributed by atoms with Crippen LogP contribution in [0.5, 0.6) is 0 Å². The maximum absolute atomic E-state index is 11.6. The van der Waals surface area contributed by atoms with E-state index in [-0.39, 0.29) is 0 Å². The molecule has 2 N–H and O–H groups in total. The van der Waals surface area contributed by atoms with E-state index in [2.05, 4.69) is 5.32 Å². The summed E-state index contributed by atoms with van der Waals surface area (Å²) >= 11 is 0. The van der Waals surface area contributed by atoms with Crippen molar-refractivity contribution in [1.82, 2.24) is 5.32 Å². The van der Waals surface area contributed by atoms with Crippen LogP contribution >= 0.6 is 0 Å². The summed E-state index contributed by atoms with van der Waals surface area (Å²) in [5, 5.41) is 12.6. The Hall–Kier alpha value is -2.13. The Morgan fingerprint density at radius 1 is 1.05 bits per heavy atom. The topological polar surface area (TPSA) is 49.3 Å². The van der Waals surface area contributed by atoms with Crippen LogP contribution in [0.2, 0.25) is 0 Å². The van der Waals surface area contributed by atoms with Gasteiger partial charge in [0.25, 0.3) is 0 Å². The molecule has 0 fully saturated rings. The monoisotopic (exact) mass is 255 g/mol. The first kappa shape index (κ1) is 13.3. The van der Waals surface area contributed by atoms with Gasteiger partial charge >= 0.3 is 5.97 Å². The highest BCUT2D eigenvalue weighted by Crippen LogP contribution is 2.21. The van der Waals surface area contributed by atoms with Gasteiger partial charge in [-0.25, -0.2) is 4.79 Å². The van der Waals surface area contributed by atoms with E-state index in [4.69, 9.17) is 0 Å². The number of carboxylic acids is 1. The van der Waals surface area contributed by atoms with E-state index >= 15 is 0 Å². The van der Waals surface area contributed by atoms with Crippen molar-refractivity contribution in [2.75, 3.05) is 0 Å². The van der Waals surface area contributed by atoms with Gasteiger partial charge in [0.2, 0.25) is 0 Å². The smallest absolute Gasteiger partial charge is 0.328 e. The van der Waals surface area contributed by atoms with Crippen LogP contribution in [-0.4, -0.2) is 11.1 Å². The van der Waals surface area contributed by atoms with E-state index in [0.29, 0.717) is 6.54 Å². The lowest BCUT2D eigenvalue weighted by molar-refractivity contribution is -0.144. The average molecular weight is 255 g/mol. The molecule has 0 aromatic heterocycles. The second-order valence-electron chi connectivity index (χ2n) is 4.64. The predicted octanol–water partition coefficient (Wildman–Crippen LogP) is 2.78. The number of carboxylic acid groups (broad SMARTS) is 1. The highest BCUT2D eigenvalue weighted by Gasteiger charge is 2.34. The van der Waals surface area contributed by atoms with Gasteiger partial charge in [0.15, 0.2) is 0 Å². The van der Waals surface area contributed by atoms with Crippen LogP contribution in [0.15, 0.2) is 60.7 Å². The lowest BCUT2D eigenvalue weighted by atomic mass is 9.92. The van der Waals surface area contributed by atoms with E-state index in [9.17, 15) is 9.90 Å². The Morgan fingerprint density at radius 2 is 1.58 bits per heavy atom. The van der Waals surface area contributed by atoms with Crippen LogP contribution in [0.4, 0.5) is 0 Å². The van der Waals surface area contributed by atoms with Gasteiger partial charge in [-0.1, -0.05) is 60.7 Å². The Morgan fingerprint density at radius 3 is 2.11 bits per heavy atom. The number of benzene rings is 2. The summed E-state index contributed by atoms with van der Waals surface area (Å²) < 4.78 is 0. The van der Waals surface area contributed by atoms with Crippen LogP contribution in [0.1, 0.15) is 18.1 Å². The summed E-state index contributed by atoms with van der Waals surface area (Å²) in [4.78, 5) is 11.6. The zero-order valence-corrected chi connectivity index (χ0v) is 10.8. The van der Waals surface area contributed by atoms with Gasteiger partial charge in [0.05, 0.1) is 0 Å². The molecule has 0 bridgehead atoms. The van der Waals surface area contributed by atoms with Crippen LogP contribution in [0, 0.1) is 0 Å². The lowest BCUT2D eigenvalue weighted by Crippen LogP contribution is -2.46. The fraction of sp³-hybridized carbons (Fsp3) is 0.188. The molecule has 0 aliphatic rings. The molecule has 0 radical (unpaired) electrons. The van der Waals surface area contributed by atoms with Gasteiger partial charge in [-0.3, -0.25) is 5.32 Å². The first-order valence-electron chi connectivity index (χ1n) is 6.21. The minimum atomic E-state index is -1.09. The van der Waals surface area contributed by atoms with Gasteiger partial charge in [0, 0.05) is 6.54 Å². The third kappa shape index (κ3) is 3.01. The molecule has 2 aromatic rings. The van der Waals surface area contributed by atoms with E-state index < -0.39 is 11.5 Å². The molecule has 1 atom stereocenters. The minimum absolute atomic E-state index is 0.512. The molecule has 2 rings (SSSR count). The zero-order chi connectivity index (χ0) is 13.7. The molecule has 0 amide bonds. The number of rotatable bonds is 5. The molecule has 0 aliphatic carbocycles. The van der Waals surface area contributed by atoms with Crippen LogP contribution in [-0.2, 0) is 16.9 Å². The Bertz CT molecular complexity index is 539. The van der Waals surface area contributed by atoms with Gasteiger partial charge in [-0.05, 0) is 18.1 Å².